The second kappa shape index (κ2) is 5.94. The van der Waals surface area contributed by atoms with Crippen LogP contribution in [0.2, 0.25) is 0 Å². The van der Waals surface area contributed by atoms with Gasteiger partial charge in [0.25, 0.3) is 0 Å². The van der Waals surface area contributed by atoms with Crippen molar-refractivity contribution in [2.45, 2.75) is 26.3 Å². The van der Waals surface area contributed by atoms with Crippen molar-refractivity contribution in [3.63, 3.8) is 0 Å². The van der Waals surface area contributed by atoms with Crippen LogP contribution in [-0.4, -0.2) is 38.3 Å². The van der Waals surface area contributed by atoms with E-state index in [4.69, 9.17) is 4.74 Å². The van der Waals surface area contributed by atoms with Gasteiger partial charge in [-0.2, -0.15) is 0 Å². The molecule has 0 aliphatic heterocycles. The van der Waals surface area contributed by atoms with Crippen molar-refractivity contribution in [2.75, 3.05) is 26.8 Å². The van der Waals surface area contributed by atoms with Gasteiger partial charge in [0, 0.05) is 13.7 Å². The van der Waals surface area contributed by atoms with E-state index < -0.39 is 5.54 Å². The van der Waals surface area contributed by atoms with Crippen LogP contribution in [0.3, 0.4) is 0 Å². The van der Waals surface area contributed by atoms with Gasteiger partial charge in [0.2, 0.25) is 5.91 Å². The Morgan fingerprint density at radius 3 is 2.54 bits per heavy atom. The standard InChI is InChI=1S/C9H20N2O2/c1-5-11-9(2,3)8(12)10-6-7-13-4/h11H,5-7H2,1-4H3,(H,10,12). The maximum Gasteiger partial charge on any atom is 0.239 e. The second-order valence-corrected chi connectivity index (χ2v) is 3.40. The summed E-state index contributed by atoms with van der Waals surface area (Å²) in [5, 5.41) is 5.88. The van der Waals surface area contributed by atoms with Gasteiger partial charge in [0.05, 0.1) is 12.1 Å². The Hall–Kier alpha value is -0.610. The number of methoxy groups -OCH3 is 1. The third-order valence-electron chi connectivity index (χ3n) is 1.78. The van der Waals surface area contributed by atoms with Crippen LogP contribution in [0.15, 0.2) is 0 Å². The topological polar surface area (TPSA) is 50.4 Å². The van der Waals surface area contributed by atoms with E-state index >= 15 is 0 Å². The van der Waals surface area contributed by atoms with Gasteiger partial charge in [-0.25, -0.2) is 0 Å². The van der Waals surface area contributed by atoms with E-state index in [9.17, 15) is 4.79 Å². The lowest BCUT2D eigenvalue weighted by Gasteiger charge is -2.24. The molecule has 0 fully saturated rings. The molecule has 4 heteroatoms. The second-order valence-electron chi connectivity index (χ2n) is 3.40. The molecule has 0 aromatic carbocycles. The Kier molecular flexibility index (Phi) is 5.66. The van der Waals surface area contributed by atoms with Crippen molar-refractivity contribution in [3.05, 3.63) is 0 Å². The fourth-order valence-corrected chi connectivity index (χ4v) is 1.01. The molecule has 0 aliphatic carbocycles. The summed E-state index contributed by atoms with van der Waals surface area (Å²) in [4.78, 5) is 11.5. The number of likely N-dealkylation sites (N-methyl/N-ethyl adjacent to an activating group) is 1. The van der Waals surface area contributed by atoms with Crippen LogP contribution in [0, 0.1) is 0 Å². The lowest BCUT2D eigenvalue weighted by molar-refractivity contribution is -0.126. The number of rotatable bonds is 6. The highest BCUT2D eigenvalue weighted by Crippen LogP contribution is 2.00. The summed E-state index contributed by atoms with van der Waals surface area (Å²) < 4.78 is 4.83. The SMILES string of the molecule is CCNC(C)(C)C(=O)NCCOC. The molecule has 4 nitrogen and oxygen atoms in total. The fourth-order valence-electron chi connectivity index (χ4n) is 1.01. The van der Waals surface area contributed by atoms with Crippen LogP contribution < -0.4 is 10.6 Å². The minimum absolute atomic E-state index is 0.00593. The molecule has 0 heterocycles. The molecule has 78 valence electrons. The minimum Gasteiger partial charge on any atom is -0.383 e. The molecule has 0 bridgehead atoms. The molecule has 0 radical (unpaired) electrons. The first kappa shape index (κ1) is 12.4. The molecule has 0 saturated heterocycles. The highest BCUT2D eigenvalue weighted by molar-refractivity contribution is 5.85. The minimum atomic E-state index is -0.498. The summed E-state index contributed by atoms with van der Waals surface area (Å²) in [5.41, 5.74) is -0.498. The average Bonchev–Trinajstić information content (AvgIpc) is 2.04. The van der Waals surface area contributed by atoms with Gasteiger partial charge >= 0.3 is 0 Å². The summed E-state index contributed by atoms with van der Waals surface area (Å²) >= 11 is 0. The Morgan fingerprint density at radius 2 is 2.08 bits per heavy atom. The Labute approximate surface area is 80.0 Å². The van der Waals surface area contributed by atoms with Crippen molar-refractivity contribution < 1.29 is 9.53 Å². The molecule has 0 saturated carbocycles. The maximum absolute atomic E-state index is 11.5. The van der Waals surface area contributed by atoms with Crippen LogP contribution >= 0.6 is 0 Å². The monoisotopic (exact) mass is 188 g/mol. The summed E-state index contributed by atoms with van der Waals surface area (Å²) in [5.74, 6) is 0.00593. The van der Waals surface area contributed by atoms with Gasteiger partial charge in [-0.1, -0.05) is 6.92 Å². The molecule has 2 N–H and O–H groups in total. The Morgan fingerprint density at radius 1 is 1.46 bits per heavy atom. The van der Waals surface area contributed by atoms with Gasteiger partial charge in [0.15, 0.2) is 0 Å². The molecule has 0 aromatic heterocycles. The van der Waals surface area contributed by atoms with Gasteiger partial charge in [-0.05, 0) is 20.4 Å². The van der Waals surface area contributed by atoms with E-state index in [1.807, 2.05) is 20.8 Å². The normalized spacial score (nSPS) is 11.4. The molecule has 0 spiro atoms. The molecular formula is C9H20N2O2. The van der Waals surface area contributed by atoms with Gasteiger partial charge in [0.1, 0.15) is 0 Å². The predicted molar refractivity (Wildman–Crippen MR) is 52.6 cm³/mol. The van der Waals surface area contributed by atoms with E-state index in [1.165, 1.54) is 0 Å². The zero-order valence-electron chi connectivity index (χ0n) is 8.94. The first-order valence-corrected chi connectivity index (χ1v) is 4.57. The van der Waals surface area contributed by atoms with E-state index in [0.29, 0.717) is 13.2 Å². The van der Waals surface area contributed by atoms with Crippen molar-refractivity contribution in [1.29, 1.82) is 0 Å². The number of amides is 1. The quantitative estimate of drug-likeness (QED) is 0.583. The number of carbonyl (C=O) groups is 1. The highest BCUT2D eigenvalue weighted by Gasteiger charge is 2.25. The van der Waals surface area contributed by atoms with Crippen LogP contribution in [0.4, 0.5) is 0 Å². The smallest absolute Gasteiger partial charge is 0.239 e. The third kappa shape index (κ3) is 4.85. The molecule has 0 aromatic rings. The number of hydrogen-bond acceptors (Lipinski definition) is 3. The lowest BCUT2D eigenvalue weighted by Crippen LogP contribution is -2.53. The van der Waals surface area contributed by atoms with E-state index in [0.717, 1.165) is 6.54 Å². The summed E-state index contributed by atoms with van der Waals surface area (Å²) in [7, 11) is 1.61. The zero-order valence-corrected chi connectivity index (χ0v) is 8.94. The largest absolute Gasteiger partial charge is 0.383 e. The summed E-state index contributed by atoms with van der Waals surface area (Å²) in [6, 6.07) is 0. The first-order valence-electron chi connectivity index (χ1n) is 4.57. The van der Waals surface area contributed by atoms with Crippen LogP contribution in [-0.2, 0) is 9.53 Å². The molecule has 0 aliphatic rings. The van der Waals surface area contributed by atoms with Crippen LogP contribution in [0.5, 0.6) is 0 Å². The number of hydrogen-bond donors (Lipinski definition) is 2. The van der Waals surface area contributed by atoms with Gasteiger partial charge in [-0.3, -0.25) is 4.79 Å². The van der Waals surface area contributed by atoms with Crippen molar-refractivity contribution in [3.8, 4) is 0 Å². The third-order valence-corrected chi connectivity index (χ3v) is 1.78. The molecule has 13 heavy (non-hydrogen) atoms. The number of carbonyl (C=O) groups excluding carboxylic acids is 1. The van der Waals surface area contributed by atoms with Crippen LogP contribution in [0.25, 0.3) is 0 Å². The highest BCUT2D eigenvalue weighted by atomic mass is 16.5. The van der Waals surface area contributed by atoms with Gasteiger partial charge < -0.3 is 15.4 Å². The molecule has 1 amide bonds. The fraction of sp³-hybridized carbons (Fsp3) is 0.889. The van der Waals surface area contributed by atoms with Crippen LogP contribution in [0.1, 0.15) is 20.8 Å². The summed E-state index contributed by atoms with van der Waals surface area (Å²) in [6.45, 7) is 7.59. The van der Waals surface area contributed by atoms with Crippen molar-refractivity contribution >= 4 is 5.91 Å². The van der Waals surface area contributed by atoms with Crippen molar-refractivity contribution in [1.82, 2.24) is 10.6 Å². The Bertz CT molecular complexity index is 158. The number of nitrogens with one attached hydrogen (secondary N) is 2. The molecule has 0 rings (SSSR count). The summed E-state index contributed by atoms with van der Waals surface area (Å²) in [6.07, 6.45) is 0. The first-order chi connectivity index (χ1) is 6.04. The predicted octanol–water partition coefficient (Wildman–Crippen LogP) is 0.137. The maximum atomic E-state index is 11.5. The van der Waals surface area contributed by atoms with E-state index in [-0.39, 0.29) is 5.91 Å². The Balaban J connectivity index is 3.80. The van der Waals surface area contributed by atoms with Gasteiger partial charge in [-0.15, -0.1) is 0 Å². The average molecular weight is 188 g/mol. The van der Waals surface area contributed by atoms with E-state index in [2.05, 4.69) is 10.6 Å². The molecule has 0 unspecified atom stereocenters. The molecular weight excluding hydrogens is 168 g/mol. The van der Waals surface area contributed by atoms with Crippen molar-refractivity contribution in [2.24, 2.45) is 0 Å². The zero-order chi connectivity index (χ0) is 10.3. The number of ether oxygens (including phenoxy) is 1. The lowest BCUT2D eigenvalue weighted by atomic mass is 10.1. The van der Waals surface area contributed by atoms with E-state index in [1.54, 1.807) is 7.11 Å². The molecule has 0 atom stereocenters.